The third-order valence-corrected chi connectivity index (χ3v) is 9.21. The van der Waals surface area contributed by atoms with Gasteiger partial charge in [0, 0.05) is 33.0 Å². The molecule has 50 heavy (non-hydrogen) atoms. The van der Waals surface area contributed by atoms with Crippen molar-refractivity contribution in [1.82, 2.24) is 15.0 Å². The van der Waals surface area contributed by atoms with Gasteiger partial charge in [-0.25, -0.2) is 15.0 Å². The van der Waals surface area contributed by atoms with Crippen molar-refractivity contribution in [1.29, 1.82) is 0 Å². The maximum absolute atomic E-state index is 6.38. The topological polar surface area (TPSA) is 51.8 Å². The van der Waals surface area contributed by atoms with Gasteiger partial charge in [0.25, 0.3) is 0 Å². The molecule has 0 unspecified atom stereocenters. The molecule has 2 heterocycles. The zero-order chi connectivity index (χ0) is 33.4. The summed E-state index contributed by atoms with van der Waals surface area (Å²) in [6, 6.07) is 58.6. The van der Waals surface area contributed by atoms with E-state index < -0.39 is 0 Å². The van der Waals surface area contributed by atoms with Crippen LogP contribution in [0.25, 0.3) is 89.5 Å². The molecule has 0 radical (unpaired) electrons. The molecule has 9 aromatic rings. The van der Waals surface area contributed by atoms with E-state index in [0.29, 0.717) is 17.5 Å². The minimum absolute atomic E-state index is 0.619. The second-order valence-electron chi connectivity index (χ2n) is 12.6. The van der Waals surface area contributed by atoms with Crippen LogP contribution in [0.5, 0.6) is 0 Å². The Morgan fingerprint density at radius 1 is 0.360 bits per heavy atom. The monoisotopic (exact) mass is 641 g/mol. The van der Waals surface area contributed by atoms with Crippen LogP contribution in [-0.2, 0) is 0 Å². The average molecular weight is 642 g/mol. The molecule has 0 saturated heterocycles. The van der Waals surface area contributed by atoms with E-state index in [9.17, 15) is 0 Å². The van der Waals surface area contributed by atoms with Gasteiger partial charge in [-0.05, 0) is 58.5 Å². The average Bonchev–Trinajstić information content (AvgIpc) is 3.57. The van der Waals surface area contributed by atoms with Gasteiger partial charge in [0.15, 0.2) is 17.5 Å². The van der Waals surface area contributed by atoms with Crippen LogP contribution in [0.4, 0.5) is 0 Å². The van der Waals surface area contributed by atoms with E-state index in [-0.39, 0.29) is 0 Å². The van der Waals surface area contributed by atoms with Gasteiger partial charge in [0.1, 0.15) is 11.2 Å². The molecular formula is C46H31N3O. The predicted molar refractivity (Wildman–Crippen MR) is 204 cm³/mol. The Morgan fingerprint density at radius 3 is 1.26 bits per heavy atom. The number of para-hydroxylation sites is 1. The molecule has 0 aliphatic heterocycles. The van der Waals surface area contributed by atoms with E-state index in [1.807, 2.05) is 24.3 Å². The van der Waals surface area contributed by atoms with Crippen LogP contribution in [0.15, 0.2) is 174 Å². The lowest BCUT2D eigenvalue weighted by molar-refractivity contribution is 0.670. The Hall–Kier alpha value is -6.65. The zero-order valence-corrected chi connectivity index (χ0v) is 27.4. The summed E-state index contributed by atoms with van der Waals surface area (Å²) in [5, 5.41) is 2.26. The summed E-state index contributed by atoms with van der Waals surface area (Å²) in [7, 11) is 0. The Balaban J connectivity index is 1.12. The maximum atomic E-state index is 6.38. The highest BCUT2D eigenvalue weighted by Gasteiger charge is 2.16. The summed E-state index contributed by atoms with van der Waals surface area (Å²) < 4.78 is 6.38. The van der Waals surface area contributed by atoms with Crippen molar-refractivity contribution in [3.63, 3.8) is 0 Å². The van der Waals surface area contributed by atoms with Crippen molar-refractivity contribution in [2.75, 3.05) is 0 Å². The molecule has 0 bridgehead atoms. The van der Waals surface area contributed by atoms with Gasteiger partial charge >= 0.3 is 0 Å². The predicted octanol–water partition coefficient (Wildman–Crippen LogP) is 12.1. The van der Waals surface area contributed by atoms with E-state index in [1.54, 1.807) is 0 Å². The van der Waals surface area contributed by atoms with Crippen LogP contribution in [0, 0.1) is 6.92 Å². The number of fused-ring (bicyclic) bond motifs is 3. The quantitative estimate of drug-likeness (QED) is 0.181. The van der Waals surface area contributed by atoms with Gasteiger partial charge in [-0.15, -0.1) is 0 Å². The number of furan rings is 1. The first kappa shape index (κ1) is 29.5. The zero-order valence-electron chi connectivity index (χ0n) is 27.4. The van der Waals surface area contributed by atoms with Crippen LogP contribution in [-0.4, -0.2) is 15.0 Å². The molecule has 4 heteroatoms. The van der Waals surface area contributed by atoms with Gasteiger partial charge in [-0.3, -0.25) is 0 Å². The Bertz CT molecular complexity index is 2510. The van der Waals surface area contributed by atoms with Crippen molar-refractivity contribution in [3.05, 3.63) is 175 Å². The number of aryl methyl sites for hydroxylation is 1. The van der Waals surface area contributed by atoms with Gasteiger partial charge in [0.05, 0.1) is 0 Å². The van der Waals surface area contributed by atoms with Crippen molar-refractivity contribution in [2.24, 2.45) is 0 Å². The number of hydrogen-bond acceptors (Lipinski definition) is 4. The maximum Gasteiger partial charge on any atom is 0.164 e. The second-order valence-corrected chi connectivity index (χ2v) is 12.6. The SMILES string of the molecule is Cc1cc(-c2ccc(-c3nc(-c4ccc(-c5ccccc5)cc4)nc(-c4ccc(-c5ccccc5)cc4)n3)cc2)c2oc3ccccc3c2c1. The van der Waals surface area contributed by atoms with Crippen LogP contribution >= 0.6 is 0 Å². The third-order valence-electron chi connectivity index (χ3n) is 9.21. The number of benzene rings is 7. The Morgan fingerprint density at radius 2 is 0.760 bits per heavy atom. The van der Waals surface area contributed by atoms with Crippen molar-refractivity contribution in [2.45, 2.75) is 6.92 Å². The summed E-state index contributed by atoms with van der Waals surface area (Å²) >= 11 is 0. The first-order valence-corrected chi connectivity index (χ1v) is 16.8. The Kier molecular flexibility index (Phi) is 7.33. The molecule has 9 rings (SSSR count). The van der Waals surface area contributed by atoms with Crippen LogP contribution < -0.4 is 0 Å². The molecule has 0 N–H and O–H groups in total. The molecule has 7 aromatic carbocycles. The smallest absolute Gasteiger partial charge is 0.164 e. The van der Waals surface area contributed by atoms with E-state index in [0.717, 1.165) is 60.9 Å². The number of rotatable bonds is 6. The van der Waals surface area contributed by atoms with E-state index in [4.69, 9.17) is 19.4 Å². The van der Waals surface area contributed by atoms with Crippen LogP contribution in [0.3, 0.4) is 0 Å². The van der Waals surface area contributed by atoms with Crippen molar-refractivity contribution in [3.8, 4) is 67.5 Å². The number of hydrogen-bond donors (Lipinski definition) is 0. The van der Waals surface area contributed by atoms with E-state index in [2.05, 4.69) is 153 Å². The lowest BCUT2D eigenvalue weighted by Crippen LogP contribution is -2.00. The highest BCUT2D eigenvalue weighted by molar-refractivity contribution is 6.10. The minimum atomic E-state index is 0.619. The molecular weight excluding hydrogens is 611 g/mol. The third kappa shape index (κ3) is 5.53. The number of nitrogens with zero attached hydrogens (tertiary/aromatic N) is 3. The largest absolute Gasteiger partial charge is 0.455 e. The molecule has 2 aromatic heterocycles. The summed E-state index contributed by atoms with van der Waals surface area (Å²) in [5.74, 6) is 1.88. The first-order chi connectivity index (χ1) is 24.7. The van der Waals surface area contributed by atoms with Gasteiger partial charge in [-0.1, -0.05) is 152 Å². The molecule has 0 spiro atoms. The van der Waals surface area contributed by atoms with Gasteiger partial charge in [-0.2, -0.15) is 0 Å². The Labute approximate surface area is 290 Å². The second kappa shape index (κ2) is 12.4. The molecule has 236 valence electrons. The molecule has 0 amide bonds. The lowest BCUT2D eigenvalue weighted by atomic mass is 9.98. The highest BCUT2D eigenvalue weighted by atomic mass is 16.3. The van der Waals surface area contributed by atoms with Crippen molar-refractivity contribution >= 4 is 21.9 Å². The fourth-order valence-corrected chi connectivity index (χ4v) is 6.63. The van der Waals surface area contributed by atoms with Crippen LogP contribution in [0.2, 0.25) is 0 Å². The van der Waals surface area contributed by atoms with Crippen LogP contribution in [0.1, 0.15) is 5.56 Å². The lowest BCUT2D eigenvalue weighted by Gasteiger charge is -2.11. The van der Waals surface area contributed by atoms with Gasteiger partial charge in [0.2, 0.25) is 0 Å². The summed E-state index contributed by atoms with van der Waals surface area (Å²) in [5.41, 5.74) is 12.5. The van der Waals surface area contributed by atoms with Crippen molar-refractivity contribution < 1.29 is 4.42 Å². The normalized spacial score (nSPS) is 11.3. The minimum Gasteiger partial charge on any atom is -0.455 e. The molecule has 0 saturated carbocycles. The molecule has 0 aliphatic rings. The van der Waals surface area contributed by atoms with E-state index in [1.165, 1.54) is 16.7 Å². The number of aromatic nitrogens is 3. The fourth-order valence-electron chi connectivity index (χ4n) is 6.63. The summed E-state index contributed by atoms with van der Waals surface area (Å²) in [4.78, 5) is 15.0. The van der Waals surface area contributed by atoms with Gasteiger partial charge < -0.3 is 4.42 Å². The highest BCUT2D eigenvalue weighted by Crippen LogP contribution is 2.37. The fraction of sp³-hybridized carbons (Fsp3) is 0.0217. The molecule has 4 nitrogen and oxygen atoms in total. The van der Waals surface area contributed by atoms with E-state index >= 15 is 0 Å². The molecule has 0 aliphatic carbocycles. The summed E-state index contributed by atoms with van der Waals surface area (Å²) in [6.45, 7) is 2.13. The first-order valence-electron chi connectivity index (χ1n) is 16.8. The standard InChI is InChI=1S/C46H31N3O/c1-30-28-40(43-41(29-30)39-14-8-9-15-42(39)50-43)35-20-26-38(27-21-35)46-48-44(36-22-16-33(17-23-36)31-10-4-2-5-11-31)47-45(49-46)37-24-18-34(19-25-37)32-12-6-3-7-13-32/h2-29H,1H3. The summed E-state index contributed by atoms with van der Waals surface area (Å²) in [6.07, 6.45) is 0. The molecule has 0 fully saturated rings. The molecule has 0 atom stereocenters.